The molecule has 0 aliphatic heterocycles. The second-order valence-corrected chi connectivity index (χ2v) is 4.07. The molecule has 6 heteroatoms. The molecule has 0 heterocycles. The van der Waals surface area contributed by atoms with Gasteiger partial charge in [-0.05, 0) is 18.6 Å². The predicted molar refractivity (Wildman–Crippen MR) is 72.6 cm³/mol. The minimum Gasteiger partial charge on any atom is -0.481 e. The summed E-state index contributed by atoms with van der Waals surface area (Å²) in [7, 11) is 0. The zero-order valence-electron chi connectivity index (χ0n) is 11.4. The summed E-state index contributed by atoms with van der Waals surface area (Å²) in [6, 6.07) is 9.10. The van der Waals surface area contributed by atoms with Gasteiger partial charge in [-0.25, -0.2) is 4.79 Å². The summed E-state index contributed by atoms with van der Waals surface area (Å²) in [6.07, 6.45) is -0.0339. The normalized spacial score (nSPS) is 11.7. The molecule has 110 valence electrons. The number of aliphatic carboxylic acids is 1. The number of para-hydroxylation sites is 1. The maximum atomic E-state index is 11.9. The Labute approximate surface area is 117 Å². The van der Waals surface area contributed by atoms with Gasteiger partial charge in [-0.3, -0.25) is 4.79 Å². The Bertz CT molecular complexity index is 421. The van der Waals surface area contributed by atoms with Gasteiger partial charge in [-0.15, -0.1) is 0 Å². The van der Waals surface area contributed by atoms with Gasteiger partial charge in [0.25, 0.3) is 5.91 Å². The first kappa shape index (κ1) is 16.0. The Morgan fingerprint density at radius 2 is 2.00 bits per heavy atom. The van der Waals surface area contributed by atoms with E-state index >= 15 is 0 Å². The van der Waals surface area contributed by atoms with Crippen LogP contribution in [0.2, 0.25) is 0 Å². The number of amides is 1. The summed E-state index contributed by atoms with van der Waals surface area (Å²) >= 11 is 0. The van der Waals surface area contributed by atoms with Gasteiger partial charge in [0.15, 0.2) is 6.10 Å². The number of ether oxygens (including phenoxy) is 2. The predicted octanol–water partition coefficient (Wildman–Crippen LogP) is 1.06. The van der Waals surface area contributed by atoms with E-state index in [4.69, 9.17) is 14.6 Å². The first-order valence-electron chi connectivity index (χ1n) is 6.42. The molecule has 1 aromatic carbocycles. The number of benzene rings is 1. The van der Waals surface area contributed by atoms with Crippen molar-refractivity contribution in [2.24, 2.45) is 0 Å². The lowest BCUT2D eigenvalue weighted by Gasteiger charge is -2.17. The van der Waals surface area contributed by atoms with Crippen molar-refractivity contribution in [2.45, 2.75) is 19.4 Å². The Balaban J connectivity index is 2.30. The van der Waals surface area contributed by atoms with Gasteiger partial charge in [-0.1, -0.05) is 25.1 Å². The van der Waals surface area contributed by atoms with Crippen LogP contribution in [-0.2, 0) is 14.3 Å². The fourth-order valence-electron chi connectivity index (χ4n) is 1.51. The third kappa shape index (κ3) is 6.19. The molecule has 6 nitrogen and oxygen atoms in total. The zero-order chi connectivity index (χ0) is 14.8. The van der Waals surface area contributed by atoms with Crippen LogP contribution >= 0.6 is 0 Å². The zero-order valence-corrected chi connectivity index (χ0v) is 11.4. The number of carbonyl (C=O) groups excluding carboxylic acids is 1. The van der Waals surface area contributed by atoms with E-state index in [-0.39, 0.29) is 25.7 Å². The molecule has 0 saturated carbocycles. The Hall–Kier alpha value is -2.08. The second kappa shape index (κ2) is 8.92. The van der Waals surface area contributed by atoms with Gasteiger partial charge >= 0.3 is 5.97 Å². The Morgan fingerprint density at radius 3 is 2.60 bits per heavy atom. The fourth-order valence-corrected chi connectivity index (χ4v) is 1.51. The fraction of sp³-hybridized carbons (Fsp3) is 0.429. The summed E-state index contributed by atoms with van der Waals surface area (Å²) in [4.78, 5) is 22.1. The largest absolute Gasteiger partial charge is 0.481 e. The second-order valence-electron chi connectivity index (χ2n) is 4.07. The molecule has 0 fully saturated rings. The molecular weight excluding hydrogens is 262 g/mol. The summed E-state index contributed by atoms with van der Waals surface area (Å²) in [6.45, 7) is 1.89. The summed E-state index contributed by atoms with van der Waals surface area (Å²) in [5, 5.41) is 11.0. The van der Waals surface area contributed by atoms with E-state index in [0.29, 0.717) is 12.2 Å². The summed E-state index contributed by atoms with van der Waals surface area (Å²) < 4.78 is 10.4. The van der Waals surface area contributed by atoms with E-state index in [1.54, 1.807) is 12.1 Å². The molecule has 1 unspecified atom stereocenters. The molecule has 1 aromatic rings. The van der Waals surface area contributed by atoms with Crippen molar-refractivity contribution < 1.29 is 24.2 Å². The molecule has 1 amide bonds. The van der Waals surface area contributed by atoms with Crippen LogP contribution < -0.4 is 10.1 Å². The minimum absolute atomic E-state index is 0.153. The quantitative estimate of drug-likeness (QED) is 0.661. The lowest BCUT2D eigenvalue weighted by atomic mass is 10.2. The van der Waals surface area contributed by atoms with Crippen LogP contribution in [0.15, 0.2) is 30.3 Å². The van der Waals surface area contributed by atoms with E-state index in [0.717, 1.165) is 0 Å². The standard InChI is InChI=1S/C14H19NO5/c1-2-12(20-11-6-4-3-5-7-11)14(18)15-8-9-19-10-13(16)17/h3-7,12H,2,8-10H2,1H3,(H,15,18)(H,16,17). The molecule has 0 aliphatic carbocycles. The van der Waals surface area contributed by atoms with E-state index in [1.807, 2.05) is 25.1 Å². The summed E-state index contributed by atoms with van der Waals surface area (Å²) in [5.41, 5.74) is 0. The maximum absolute atomic E-state index is 11.9. The van der Waals surface area contributed by atoms with Crippen LogP contribution in [0, 0.1) is 0 Å². The molecule has 0 spiro atoms. The van der Waals surface area contributed by atoms with Crippen molar-refractivity contribution in [3.8, 4) is 5.75 Å². The number of carbonyl (C=O) groups is 2. The van der Waals surface area contributed by atoms with Crippen molar-refractivity contribution in [2.75, 3.05) is 19.8 Å². The van der Waals surface area contributed by atoms with Crippen LogP contribution in [-0.4, -0.2) is 42.8 Å². The highest BCUT2D eigenvalue weighted by molar-refractivity contribution is 5.81. The number of hydrogen-bond acceptors (Lipinski definition) is 4. The van der Waals surface area contributed by atoms with Crippen molar-refractivity contribution >= 4 is 11.9 Å². The molecule has 20 heavy (non-hydrogen) atoms. The first-order chi connectivity index (χ1) is 9.63. The molecule has 1 rings (SSSR count). The van der Waals surface area contributed by atoms with Crippen LogP contribution in [0.3, 0.4) is 0 Å². The van der Waals surface area contributed by atoms with Crippen LogP contribution in [0.5, 0.6) is 5.75 Å². The maximum Gasteiger partial charge on any atom is 0.329 e. The highest BCUT2D eigenvalue weighted by Crippen LogP contribution is 2.12. The summed E-state index contributed by atoms with van der Waals surface area (Å²) in [5.74, 6) is -0.637. The van der Waals surface area contributed by atoms with Gasteiger partial charge in [0, 0.05) is 6.54 Å². The van der Waals surface area contributed by atoms with Gasteiger partial charge in [-0.2, -0.15) is 0 Å². The van der Waals surface area contributed by atoms with E-state index < -0.39 is 12.1 Å². The molecule has 0 bridgehead atoms. The molecular formula is C14H19NO5. The van der Waals surface area contributed by atoms with Crippen LogP contribution in [0.4, 0.5) is 0 Å². The average molecular weight is 281 g/mol. The van der Waals surface area contributed by atoms with Gasteiger partial charge in [0.1, 0.15) is 12.4 Å². The van der Waals surface area contributed by atoms with E-state index in [2.05, 4.69) is 5.32 Å². The average Bonchev–Trinajstić information content (AvgIpc) is 2.45. The lowest BCUT2D eigenvalue weighted by molar-refractivity contribution is -0.142. The highest BCUT2D eigenvalue weighted by Gasteiger charge is 2.17. The SMILES string of the molecule is CCC(Oc1ccccc1)C(=O)NCCOCC(=O)O. The number of hydrogen-bond donors (Lipinski definition) is 2. The van der Waals surface area contributed by atoms with Crippen LogP contribution in [0.1, 0.15) is 13.3 Å². The van der Waals surface area contributed by atoms with E-state index in [1.165, 1.54) is 0 Å². The van der Waals surface area contributed by atoms with Crippen molar-refractivity contribution in [1.29, 1.82) is 0 Å². The number of carboxylic acids is 1. The van der Waals surface area contributed by atoms with Gasteiger partial charge in [0.05, 0.1) is 6.61 Å². The molecule has 0 aliphatic rings. The van der Waals surface area contributed by atoms with Crippen molar-refractivity contribution in [3.63, 3.8) is 0 Å². The van der Waals surface area contributed by atoms with Crippen molar-refractivity contribution in [1.82, 2.24) is 5.32 Å². The molecule has 0 saturated heterocycles. The third-order valence-electron chi connectivity index (χ3n) is 2.46. The number of carboxylic acid groups (broad SMARTS) is 1. The van der Waals surface area contributed by atoms with Gasteiger partial charge in [0.2, 0.25) is 0 Å². The first-order valence-corrected chi connectivity index (χ1v) is 6.42. The Kier molecular flexibility index (Phi) is 7.13. The monoisotopic (exact) mass is 281 g/mol. The van der Waals surface area contributed by atoms with Crippen molar-refractivity contribution in [3.05, 3.63) is 30.3 Å². The Morgan fingerprint density at radius 1 is 1.30 bits per heavy atom. The highest BCUT2D eigenvalue weighted by atomic mass is 16.5. The third-order valence-corrected chi connectivity index (χ3v) is 2.46. The number of rotatable bonds is 9. The van der Waals surface area contributed by atoms with Gasteiger partial charge < -0.3 is 19.9 Å². The minimum atomic E-state index is -1.03. The smallest absolute Gasteiger partial charge is 0.329 e. The lowest BCUT2D eigenvalue weighted by Crippen LogP contribution is -2.39. The molecule has 2 N–H and O–H groups in total. The molecule has 0 radical (unpaired) electrons. The molecule has 1 atom stereocenters. The topological polar surface area (TPSA) is 84.9 Å². The number of nitrogens with one attached hydrogen (secondary N) is 1. The molecule has 0 aromatic heterocycles. The van der Waals surface area contributed by atoms with Crippen LogP contribution in [0.25, 0.3) is 0 Å². The van der Waals surface area contributed by atoms with E-state index in [9.17, 15) is 9.59 Å².